The van der Waals surface area contributed by atoms with Crippen molar-refractivity contribution in [3.8, 4) is 0 Å². The normalized spacial score (nSPS) is 10.7. The van der Waals surface area contributed by atoms with Crippen LogP contribution < -0.4 is 16.0 Å². The number of thiocarbonyl (C=S) groups is 1. The van der Waals surface area contributed by atoms with Crippen molar-refractivity contribution in [2.24, 2.45) is 0 Å². The number of amides is 2. The zero-order chi connectivity index (χ0) is 19.2. The van der Waals surface area contributed by atoms with Crippen LogP contribution in [0.15, 0.2) is 54.6 Å². The molecule has 0 saturated heterocycles. The molecule has 2 amide bonds. The molecular weight excluding hydrogens is 346 g/mol. The van der Waals surface area contributed by atoms with Crippen molar-refractivity contribution in [3.05, 3.63) is 65.7 Å². The van der Waals surface area contributed by atoms with Gasteiger partial charge in [-0.2, -0.15) is 0 Å². The van der Waals surface area contributed by atoms with Crippen molar-refractivity contribution >= 4 is 34.8 Å². The van der Waals surface area contributed by atoms with Crippen molar-refractivity contribution in [2.45, 2.75) is 32.7 Å². The van der Waals surface area contributed by atoms with Crippen LogP contribution in [0.4, 0.5) is 5.69 Å². The molecule has 2 aromatic rings. The van der Waals surface area contributed by atoms with Crippen LogP contribution in [-0.2, 0) is 11.2 Å². The number of rotatable bonds is 4. The molecule has 0 bridgehead atoms. The highest BCUT2D eigenvalue weighted by Gasteiger charge is 2.15. The van der Waals surface area contributed by atoms with E-state index in [0.29, 0.717) is 11.3 Å². The van der Waals surface area contributed by atoms with Crippen LogP contribution in [0, 0.1) is 0 Å². The molecule has 0 atom stereocenters. The van der Waals surface area contributed by atoms with Crippen LogP contribution in [0.5, 0.6) is 0 Å². The number of carbonyl (C=O) groups excluding carboxylic acids is 2. The highest BCUT2D eigenvalue weighted by Crippen LogP contribution is 2.11. The van der Waals surface area contributed by atoms with E-state index in [1.54, 1.807) is 24.3 Å². The lowest BCUT2D eigenvalue weighted by Crippen LogP contribution is -2.40. The van der Waals surface area contributed by atoms with Gasteiger partial charge in [-0.05, 0) is 62.8 Å². The van der Waals surface area contributed by atoms with Crippen molar-refractivity contribution in [1.29, 1.82) is 0 Å². The smallest absolute Gasteiger partial charge is 0.251 e. The SMILES string of the molecule is CC(C)(C)NC(=O)c1ccc(NC(=S)NC(=O)Cc2ccccc2)cc1. The molecule has 136 valence electrons. The molecule has 0 aliphatic carbocycles. The van der Waals surface area contributed by atoms with Crippen LogP contribution in [0.2, 0.25) is 0 Å². The Kier molecular flexibility index (Phi) is 6.46. The van der Waals surface area contributed by atoms with Crippen LogP contribution in [0.25, 0.3) is 0 Å². The molecule has 6 heteroatoms. The Morgan fingerprint density at radius 3 is 2.15 bits per heavy atom. The minimum Gasteiger partial charge on any atom is -0.347 e. The van der Waals surface area contributed by atoms with Crippen molar-refractivity contribution < 1.29 is 9.59 Å². The van der Waals surface area contributed by atoms with Crippen LogP contribution in [0.3, 0.4) is 0 Å². The van der Waals surface area contributed by atoms with Crippen molar-refractivity contribution in [3.63, 3.8) is 0 Å². The predicted molar refractivity (Wildman–Crippen MR) is 108 cm³/mol. The Morgan fingerprint density at radius 2 is 1.58 bits per heavy atom. The first-order valence-electron chi connectivity index (χ1n) is 8.30. The van der Waals surface area contributed by atoms with Crippen LogP contribution >= 0.6 is 12.2 Å². The summed E-state index contributed by atoms with van der Waals surface area (Å²) in [4.78, 5) is 24.1. The van der Waals surface area contributed by atoms with Crippen molar-refractivity contribution in [1.82, 2.24) is 10.6 Å². The first-order valence-corrected chi connectivity index (χ1v) is 8.71. The highest BCUT2D eigenvalue weighted by atomic mass is 32.1. The zero-order valence-electron chi connectivity index (χ0n) is 15.1. The third-order valence-electron chi connectivity index (χ3n) is 3.35. The molecule has 2 rings (SSSR count). The molecule has 0 aromatic heterocycles. The molecule has 0 saturated carbocycles. The molecule has 0 spiro atoms. The van der Waals surface area contributed by atoms with Crippen LogP contribution in [0.1, 0.15) is 36.7 Å². The van der Waals surface area contributed by atoms with Gasteiger partial charge in [0.1, 0.15) is 0 Å². The lowest BCUT2D eigenvalue weighted by Gasteiger charge is -2.20. The number of hydrogen-bond acceptors (Lipinski definition) is 3. The van der Waals surface area contributed by atoms with Gasteiger partial charge in [0, 0.05) is 16.8 Å². The Bertz CT molecular complexity index is 781. The molecule has 0 fully saturated rings. The number of hydrogen-bond donors (Lipinski definition) is 3. The van der Waals surface area contributed by atoms with E-state index in [1.807, 2.05) is 51.1 Å². The second kappa shape index (κ2) is 8.58. The number of nitrogens with one attached hydrogen (secondary N) is 3. The van der Waals surface area contributed by atoms with E-state index in [0.717, 1.165) is 5.56 Å². The Hall–Kier alpha value is -2.73. The summed E-state index contributed by atoms with van der Waals surface area (Å²) in [5.41, 5.74) is 1.88. The van der Waals surface area contributed by atoms with E-state index in [2.05, 4.69) is 16.0 Å². The fraction of sp³-hybridized carbons (Fsp3) is 0.250. The number of carbonyl (C=O) groups is 2. The van der Waals surface area contributed by atoms with E-state index >= 15 is 0 Å². The molecular formula is C20H23N3O2S. The summed E-state index contributed by atoms with van der Waals surface area (Å²) in [6.45, 7) is 5.78. The van der Waals surface area contributed by atoms with E-state index in [1.165, 1.54) is 0 Å². The maximum absolute atomic E-state index is 12.1. The van der Waals surface area contributed by atoms with E-state index in [4.69, 9.17) is 12.2 Å². The standard InChI is InChI=1S/C20H23N3O2S/c1-20(2,3)23-18(25)15-9-11-16(12-10-15)21-19(26)22-17(24)13-14-7-5-4-6-8-14/h4-12H,13H2,1-3H3,(H,23,25)(H2,21,22,24,26). The van der Waals surface area contributed by atoms with Gasteiger partial charge >= 0.3 is 0 Å². The zero-order valence-corrected chi connectivity index (χ0v) is 15.9. The number of anilines is 1. The summed E-state index contributed by atoms with van der Waals surface area (Å²) >= 11 is 5.16. The lowest BCUT2D eigenvalue weighted by atomic mass is 10.1. The summed E-state index contributed by atoms with van der Waals surface area (Å²) < 4.78 is 0. The maximum Gasteiger partial charge on any atom is 0.251 e. The molecule has 0 aliphatic rings. The fourth-order valence-corrected chi connectivity index (χ4v) is 2.46. The topological polar surface area (TPSA) is 70.2 Å². The van der Waals surface area contributed by atoms with Gasteiger partial charge in [-0.1, -0.05) is 30.3 Å². The third kappa shape index (κ3) is 6.64. The van der Waals surface area contributed by atoms with Gasteiger partial charge in [-0.25, -0.2) is 0 Å². The van der Waals surface area contributed by atoms with Crippen LogP contribution in [-0.4, -0.2) is 22.5 Å². The second-order valence-electron chi connectivity index (χ2n) is 6.95. The fourth-order valence-electron chi connectivity index (χ4n) is 2.23. The quantitative estimate of drug-likeness (QED) is 0.724. The lowest BCUT2D eigenvalue weighted by molar-refractivity contribution is -0.119. The summed E-state index contributed by atoms with van der Waals surface area (Å²) in [7, 11) is 0. The molecule has 0 heterocycles. The minimum absolute atomic E-state index is 0.136. The molecule has 0 unspecified atom stereocenters. The molecule has 2 aromatic carbocycles. The van der Waals surface area contributed by atoms with Gasteiger partial charge in [-0.15, -0.1) is 0 Å². The number of benzene rings is 2. The maximum atomic E-state index is 12.1. The van der Waals surface area contributed by atoms with E-state index < -0.39 is 0 Å². The molecule has 5 nitrogen and oxygen atoms in total. The van der Waals surface area contributed by atoms with Gasteiger partial charge in [-0.3, -0.25) is 9.59 Å². The molecule has 26 heavy (non-hydrogen) atoms. The molecule has 3 N–H and O–H groups in total. The Labute approximate surface area is 159 Å². The van der Waals surface area contributed by atoms with E-state index in [-0.39, 0.29) is 28.9 Å². The largest absolute Gasteiger partial charge is 0.347 e. The predicted octanol–water partition coefficient (Wildman–Crippen LogP) is 3.27. The molecule has 0 aliphatic heterocycles. The monoisotopic (exact) mass is 369 g/mol. The van der Waals surface area contributed by atoms with Gasteiger partial charge in [0.15, 0.2) is 5.11 Å². The highest BCUT2D eigenvalue weighted by molar-refractivity contribution is 7.80. The van der Waals surface area contributed by atoms with E-state index in [9.17, 15) is 9.59 Å². The summed E-state index contributed by atoms with van der Waals surface area (Å²) in [5.74, 6) is -0.322. The molecule has 0 radical (unpaired) electrons. The second-order valence-corrected chi connectivity index (χ2v) is 7.35. The Morgan fingerprint density at radius 1 is 0.962 bits per heavy atom. The first kappa shape index (κ1) is 19.6. The minimum atomic E-state index is -0.293. The summed E-state index contributed by atoms with van der Waals surface area (Å²) in [6, 6.07) is 16.3. The summed E-state index contributed by atoms with van der Waals surface area (Å²) in [6.07, 6.45) is 0.259. The summed E-state index contributed by atoms with van der Waals surface area (Å²) in [5, 5.41) is 8.71. The van der Waals surface area contributed by atoms with Crippen molar-refractivity contribution in [2.75, 3.05) is 5.32 Å². The van der Waals surface area contributed by atoms with Gasteiger partial charge in [0.25, 0.3) is 5.91 Å². The average Bonchev–Trinajstić information content (AvgIpc) is 2.54. The van der Waals surface area contributed by atoms with Gasteiger partial charge in [0.05, 0.1) is 6.42 Å². The Balaban J connectivity index is 1.87. The first-order chi connectivity index (χ1) is 12.2. The van der Waals surface area contributed by atoms with Gasteiger partial charge in [0.2, 0.25) is 5.91 Å². The third-order valence-corrected chi connectivity index (χ3v) is 3.56. The average molecular weight is 369 g/mol. The van der Waals surface area contributed by atoms with Gasteiger partial charge < -0.3 is 16.0 Å².